The molecule has 0 atom stereocenters. The monoisotopic (exact) mass is 310 g/mol. The van der Waals surface area contributed by atoms with Crippen molar-refractivity contribution in [2.75, 3.05) is 19.8 Å². The van der Waals surface area contributed by atoms with Gasteiger partial charge in [-0.15, -0.1) is 0 Å². The molecular weight excluding hydrogens is 296 g/mol. The minimum atomic E-state index is 0.0105. The van der Waals surface area contributed by atoms with Crippen LogP contribution in [0.4, 0.5) is 0 Å². The molecule has 5 heteroatoms. The third-order valence-corrected chi connectivity index (χ3v) is 3.17. The lowest BCUT2D eigenvalue weighted by atomic mass is 10.2. The summed E-state index contributed by atoms with van der Waals surface area (Å²) in [5.41, 5.74) is 5.34. The van der Waals surface area contributed by atoms with Gasteiger partial charge in [-0.3, -0.25) is 4.79 Å². The second-order valence-corrected chi connectivity index (χ2v) is 4.86. The molecule has 4 nitrogen and oxygen atoms in total. The average Bonchev–Trinajstić information content (AvgIpc) is 2.37. The normalized spacial score (nSPS) is 11.0. The molecule has 1 heterocycles. The number of benzene rings is 1. The van der Waals surface area contributed by atoms with Crippen LogP contribution >= 0.6 is 15.9 Å². The van der Waals surface area contributed by atoms with Crippen molar-refractivity contribution in [1.29, 1.82) is 0 Å². The Morgan fingerprint density at radius 1 is 1.28 bits per heavy atom. The van der Waals surface area contributed by atoms with Crippen LogP contribution in [0.15, 0.2) is 39.7 Å². The lowest BCUT2D eigenvalue weighted by Gasteiger charge is -2.07. The van der Waals surface area contributed by atoms with E-state index in [1.54, 1.807) is 10.8 Å². The van der Waals surface area contributed by atoms with Crippen LogP contribution in [-0.4, -0.2) is 24.3 Å². The van der Waals surface area contributed by atoms with Gasteiger partial charge in [0.15, 0.2) is 0 Å². The quantitative estimate of drug-likeness (QED) is 0.856. The summed E-state index contributed by atoms with van der Waals surface area (Å²) in [6.07, 6.45) is 1.79. The smallest absolute Gasteiger partial charge is 0.258 e. The van der Waals surface area contributed by atoms with Crippen molar-refractivity contribution >= 4 is 26.7 Å². The lowest BCUT2D eigenvalue weighted by Crippen LogP contribution is -2.22. The van der Waals surface area contributed by atoms with Crippen molar-refractivity contribution in [2.24, 2.45) is 5.73 Å². The highest BCUT2D eigenvalue weighted by Gasteiger charge is 2.02. The second kappa shape index (κ2) is 6.13. The minimum Gasteiger partial charge on any atom is -0.378 e. The van der Waals surface area contributed by atoms with Crippen LogP contribution in [-0.2, 0) is 11.3 Å². The van der Waals surface area contributed by atoms with Crippen molar-refractivity contribution in [3.05, 3.63) is 45.3 Å². The summed E-state index contributed by atoms with van der Waals surface area (Å²) in [5.74, 6) is 0. The zero-order valence-corrected chi connectivity index (χ0v) is 11.5. The first-order valence-electron chi connectivity index (χ1n) is 5.79. The molecule has 18 heavy (non-hydrogen) atoms. The van der Waals surface area contributed by atoms with Gasteiger partial charge in [-0.2, -0.15) is 0 Å². The van der Waals surface area contributed by atoms with Gasteiger partial charge in [0.1, 0.15) is 0 Å². The number of hydrogen-bond acceptors (Lipinski definition) is 3. The summed E-state index contributed by atoms with van der Waals surface area (Å²) in [4.78, 5) is 12.2. The first kappa shape index (κ1) is 13.3. The number of fused-ring (bicyclic) bond motifs is 1. The first-order chi connectivity index (χ1) is 8.72. The van der Waals surface area contributed by atoms with Gasteiger partial charge in [0.2, 0.25) is 0 Å². The van der Waals surface area contributed by atoms with E-state index < -0.39 is 0 Å². The van der Waals surface area contributed by atoms with Gasteiger partial charge in [-0.05, 0) is 29.7 Å². The molecule has 0 amide bonds. The molecular formula is C13H15BrN2O2. The fourth-order valence-corrected chi connectivity index (χ4v) is 2.16. The summed E-state index contributed by atoms with van der Waals surface area (Å²) >= 11 is 3.39. The van der Waals surface area contributed by atoms with E-state index >= 15 is 0 Å². The summed E-state index contributed by atoms with van der Waals surface area (Å²) in [6, 6.07) is 7.58. The largest absolute Gasteiger partial charge is 0.378 e. The highest BCUT2D eigenvalue weighted by Crippen LogP contribution is 2.16. The van der Waals surface area contributed by atoms with Gasteiger partial charge >= 0.3 is 0 Å². The highest BCUT2D eigenvalue weighted by atomic mass is 79.9. The number of pyridine rings is 1. The zero-order chi connectivity index (χ0) is 13.0. The number of rotatable bonds is 5. The van der Waals surface area contributed by atoms with E-state index in [4.69, 9.17) is 10.5 Å². The maximum absolute atomic E-state index is 12.2. The summed E-state index contributed by atoms with van der Waals surface area (Å²) < 4.78 is 7.91. The summed E-state index contributed by atoms with van der Waals surface area (Å²) in [6.45, 7) is 2.07. The van der Waals surface area contributed by atoms with Crippen LogP contribution in [0.2, 0.25) is 0 Å². The Labute approximate surface area is 113 Å². The number of halogens is 1. The third kappa shape index (κ3) is 2.98. The van der Waals surface area contributed by atoms with Gasteiger partial charge < -0.3 is 15.0 Å². The summed E-state index contributed by atoms with van der Waals surface area (Å²) in [5, 5.41) is 1.66. The van der Waals surface area contributed by atoms with Gasteiger partial charge in [0, 0.05) is 29.1 Å². The zero-order valence-electron chi connectivity index (χ0n) is 9.93. The first-order valence-corrected chi connectivity index (χ1v) is 6.58. The average molecular weight is 311 g/mol. The maximum Gasteiger partial charge on any atom is 0.258 e. The van der Waals surface area contributed by atoms with Crippen LogP contribution in [0.5, 0.6) is 0 Å². The minimum absolute atomic E-state index is 0.0105. The van der Waals surface area contributed by atoms with Crippen molar-refractivity contribution < 1.29 is 4.74 Å². The number of ether oxygens (including phenoxy) is 1. The van der Waals surface area contributed by atoms with Gasteiger partial charge in [0.05, 0.1) is 13.2 Å². The molecule has 0 saturated carbocycles. The Kier molecular flexibility index (Phi) is 4.52. The van der Waals surface area contributed by atoms with Crippen LogP contribution in [0, 0.1) is 0 Å². The van der Waals surface area contributed by atoms with Crippen molar-refractivity contribution in [1.82, 2.24) is 4.57 Å². The van der Waals surface area contributed by atoms with E-state index in [2.05, 4.69) is 15.9 Å². The molecule has 0 unspecified atom stereocenters. The second-order valence-electron chi connectivity index (χ2n) is 3.95. The fourth-order valence-electron chi connectivity index (χ4n) is 1.78. The molecule has 2 N–H and O–H groups in total. The summed E-state index contributed by atoms with van der Waals surface area (Å²) in [7, 11) is 0. The third-order valence-electron chi connectivity index (χ3n) is 2.68. The molecule has 0 saturated heterocycles. The molecule has 2 aromatic rings. The molecule has 0 spiro atoms. The van der Waals surface area contributed by atoms with E-state index in [1.807, 2.05) is 24.3 Å². The van der Waals surface area contributed by atoms with E-state index in [0.717, 1.165) is 15.2 Å². The molecule has 0 aliphatic rings. The molecule has 1 aromatic carbocycles. The highest BCUT2D eigenvalue weighted by molar-refractivity contribution is 9.10. The number of nitrogens with zero attached hydrogens (tertiary/aromatic N) is 1. The van der Waals surface area contributed by atoms with E-state index in [9.17, 15) is 4.79 Å². The lowest BCUT2D eigenvalue weighted by molar-refractivity contribution is 0.132. The molecule has 2 rings (SSSR count). The van der Waals surface area contributed by atoms with Crippen LogP contribution in [0.3, 0.4) is 0 Å². The Hall–Kier alpha value is -1.17. The number of hydrogen-bond donors (Lipinski definition) is 1. The molecule has 0 aliphatic carbocycles. The maximum atomic E-state index is 12.2. The molecule has 96 valence electrons. The number of aromatic nitrogens is 1. The topological polar surface area (TPSA) is 57.2 Å². The van der Waals surface area contributed by atoms with Crippen LogP contribution in [0.1, 0.15) is 0 Å². The predicted octanol–water partition coefficient (Wildman–Crippen LogP) is 1.74. The SMILES string of the molecule is NCCOCCn1ccc2cc(Br)ccc2c1=O. The van der Waals surface area contributed by atoms with Crippen LogP contribution < -0.4 is 11.3 Å². The Balaban J connectivity index is 2.23. The Bertz CT molecular complexity index is 595. The van der Waals surface area contributed by atoms with E-state index in [0.29, 0.717) is 26.3 Å². The molecule has 0 fully saturated rings. The molecule has 0 radical (unpaired) electrons. The Morgan fingerprint density at radius 3 is 2.89 bits per heavy atom. The fraction of sp³-hybridized carbons (Fsp3) is 0.308. The van der Waals surface area contributed by atoms with E-state index in [1.165, 1.54) is 0 Å². The number of nitrogens with two attached hydrogens (primary N) is 1. The standard InChI is InChI=1S/C13H15BrN2O2/c14-11-1-2-12-10(9-11)3-5-16(13(12)17)6-8-18-7-4-15/h1-3,5,9H,4,6-8,15H2. The van der Waals surface area contributed by atoms with Crippen molar-refractivity contribution in [2.45, 2.75) is 6.54 Å². The van der Waals surface area contributed by atoms with Gasteiger partial charge in [0.25, 0.3) is 5.56 Å². The van der Waals surface area contributed by atoms with Crippen molar-refractivity contribution in [3.63, 3.8) is 0 Å². The molecule has 0 bridgehead atoms. The van der Waals surface area contributed by atoms with Crippen molar-refractivity contribution in [3.8, 4) is 0 Å². The van der Waals surface area contributed by atoms with Gasteiger partial charge in [-0.1, -0.05) is 15.9 Å². The van der Waals surface area contributed by atoms with Gasteiger partial charge in [-0.25, -0.2) is 0 Å². The van der Waals surface area contributed by atoms with Crippen LogP contribution in [0.25, 0.3) is 10.8 Å². The Morgan fingerprint density at radius 2 is 2.11 bits per heavy atom. The van der Waals surface area contributed by atoms with E-state index in [-0.39, 0.29) is 5.56 Å². The molecule has 0 aliphatic heterocycles. The molecule has 1 aromatic heterocycles. The predicted molar refractivity (Wildman–Crippen MR) is 75.8 cm³/mol.